The van der Waals surface area contributed by atoms with E-state index < -0.39 is 0 Å². The first-order valence-electron chi connectivity index (χ1n) is 7.10. The summed E-state index contributed by atoms with van der Waals surface area (Å²) in [6, 6.07) is 19.5. The molecule has 2 heteroatoms. The summed E-state index contributed by atoms with van der Waals surface area (Å²) in [5.41, 5.74) is 2.67. The summed E-state index contributed by atoms with van der Waals surface area (Å²) in [7, 11) is 1.70. The van der Waals surface area contributed by atoms with E-state index in [0.29, 0.717) is 6.04 Å². The third-order valence-corrected chi connectivity index (χ3v) is 3.50. The summed E-state index contributed by atoms with van der Waals surface area (Å²) in [5, 5.41) is 0. The van der Waals surface area contributed by atoms with Crippen LogP contribution >= 0.6 is 0 Å². The fourth-order valence-electron chi connectivity index (χ4n) is 2.20. The first-order chi connectivity index (χ1) is 9.69. The molecule has 0 aliphatic heterocycles. The van der Waals surface area contributed by atoms with Gasteiger partial charge in [0, 0.05) is 19.1 Å². The molecule has 20 heavy (non-hydrogen) atoms. The first-order valence-corrected chi connectivity index (χ1v) is 7.10. The van der Waals surface area contributed by atoms with Gasteiger partial charge in [0.05, 0.1) is 7.11 Å². The van der Waals surface area contributed by atoms with Gasteiger partial charge in [0.25, 0.3) is 0 Å². The Labute approximate surface area is 122 Å². The van der Waals surface area contributed by atoms with E-state index in [0.717, 1.165) is 18.8 Å². The number of nitrogens with zero attached hydrogens (tertiary/aromatic N) is 1. The van der Waals surface area contributed by atoms with Gasteiger partial charge < -0.3 is 4.74 Å². The van der Waals surface area contributed by atoms with Crippen LogP contribution in [0.5, 0.6) is 5.75 Å². The molecule has 0 atom stereocenters. The molecule has 0 amide bonds. The van der Waals surface area contributed by atoms with Crippen LogP contribution in [0.3, 0.4) is 0 Å². The Kier molecular flexibility index (Phi) is 5.19. The molecular formula is C18H23NO. The highest BCUT2D eigenvalue weighted by Crippen LogP contribution is 2.16. The number of hydrogen-bond donors (Lipinski definition) is 0. The van der Waals surface area contributed by atoms with E-state index in [4.69, 9.17) is 4.74 Å². The average molecular weight is 269 g/mol. The van der Waals surface area contributed by atoms with Gasteiger partial charge in [-0.15, -0.1) is 0 Å². The van der Waals surface area contributed by atoms with Gasteiger partial charge in [0.2, 0.25) is 0 Å². The molecule has 2 rings (SSSR count). The monoisotopic (exact) mass is 269 g/mol. The largest absolute Gasteiger partial charge is 0.497 e. The minimum Gasteiger partial charge on any atom is -0.497 e. The molecule has 0 spiro atoms. The highest BCUT2D eigenvalue weighted by molar-refractivity contribution is 5.27. The average Bonchev–Trinajstić information content (AvgIpc) is 2.48. The highest BCUT2D eigenvalue weighted by atomic mass is 16.5. The van der Waals surface area contributed by atoms with Gasteiger partial charge in [0.15, 0.2) is 0 Å². The Morgan fingerprint density at radius 1 is 0.850 bits per heavy atom. The second-order valence-corrected chi connectivity index (χ2v) is 5.33. The summed E-state index contributed by atoms with van der Waals surface area (Å²) in [6.45, 7) is 6.42. The maximum atomic E-state index is 5.20. The third kappa shape index (κ3) is 4.10. The molecule has 0 saturated carbocycles. The van der Waals surface area contributed by atoms with Gasteiger partial charge in [-0.2, -0.15) is 0 Å². The molecule has 0 aliphatic rings. The summed E-state index contributed by atoms with van der Waals surface area (Å²) in [6.07, 6.45) is 0. The Hall–Kier alpha value is -1.80. The van der Waals surface area contributed by atoms with Crippen LogP contribution in [0.2, 0.25) is 0 Å². The lowest BCUT2D eigenvalue weighted by Gasteiger charge is -2.26. The molecular weight excluding hydrogens is 246 g/mol. The van der Waals surface area contributed by atoms with Crippen LogP contribution in [0.15, 0.2) is 54.6 Å². The van der Waals surface area contributed by atoms with Gasteiger partial charge in [-0.1, -0.05) is 42.5 Å². The van der Waals surface area contributed by atoms with Gasteiger partial charge >= 0.3 is 0 Å². The number of hydrogen-bond acceptors (Lipinski definition) is 2. The van der Waals surface area contributed by atoms with Crippen molar-refractivity contribution in [3.05, 3.63) is 65.7 Å². The number of benzene rings is 2. The van der Waals surface area contributed by atoms with Crippen LogP contribution < -0.4 is 4.74 Å². The lowest BCUT2D eigenvalue weighted by molar-refractivity contribution is 0.203. The van der Waals surface area contributed by atoms with Gasteiger partial charge in [0.1, 0.15) is 5.75 Å². The molecule has 2 nitrogen and oxygen atoms in total. The van der Waals surface area contributed by atoms with E-state index in [9.17, 15) is 0 Å². The molecule has 0 unspecified atom stereocenters. The van der Waals surface area contributed by atoms with Crippen molar-refractivity contribution < 1.29 is 4.74 Å². The fourth-order valence-corrected chi connectivity index (χ4v) is 2.20. The molecule has 0 saturated heterocycles. The minimum absolute atomic E-state index is 0.511. The predicted octanol–water partition coefficient (Wildman–Crippen LogP) is 4.11. The Bertz CT molecular complexity index is 505. The fraction of sp³-hybridized carbons (Fsp3) is 0.333. The van der Waals surface area contributed by atoms with Crippen LogP contribution in [0, 0.1) is 0 Å². The minimum atomic E-state index is 0.511. The Morgan fingerprint density at radius 2 is 1.40 bits per heavy atom. The van der Waals surface area contributed by atoms with E-state index in [-0.39, 0.29) is 0 Å². The van der Waals surface area contributed by atoms with Crippen LogP contribution in [0.4, 0.5) is 0 Å². The van der Waals surface area contributed by atoms with Crippen LogP contribution in [-0.2, 0) is 13.1 Å². The molecule has 0 N–H and O–H groups in total. The normalized spacial score (nSPS) is 11.1. The number of methoxy groups -OCH3 is 1. The lowest BCUT2D eigenvalue weighted by Crippen LogP contribution is -2.29. The molecule has 0 aromatic heterocycles. The van der Waals surface area contributed by atoms with Crippen LogP contribution in [0.1, 0.15) is 25.0 Å². The van der Waals surface area contributed by atoms with Crippen molar-refractivity contribution in [3.63, 3.8) is 0 Å². The van der Waals surface area contributed by atoms with Crippen LogP contribution in [0.25, 0.3) is 0 Å². The predicted molar refractivity (Wildman–Crippen MR) is 83.8 cm³/mol. The zero-order valence-electron chi connectivity index (χ0n) is 12.5. The molecule has 106 valence electrons. The molecule has 0 fully saturated rings. The van der Waals surface area contributed by atoms with E-state index in [1.807, 2.05) is 12.1 Å². The summed E-state index contributed by atoms with van der Waals surface area (Å²) in [5.74, 6) is 0.910. The maximum Gasteiger partial charge on any atom is 0.118 e. The molecule has 0 radical (unpaired) electrons. The summed E-state index contributed by atoms with van der Waals surface area (Å²) < 4.78 is 5.20. The summed E-state index contributed by atoms with van der Waals surface area (Å²) in [4.78, 5) is 2.47. The highest BCUT2D eigenvalue weighted by Gasteiger charge is 2.10. The van der Waals surface area contributed by atoms with Crippen molar-refractivity contribution in [1.82, 2.24) is 4.90 Å². The molecule has 2 aromatic rings. The molecule has 0 heterocycles. The van der Waals surface area contributed by atoms with E-state index >= 15 is 0 Å². The first kappa shape index (κ1) is 14.6. The Morgan fingerprint density at radius 3 is 1.90 bits per heavy atom. The van der Waals surface area contributed by atoms with Crippen molar-refractivity contribution in [2.75, 3.05) is 7.11 Å². The zero-order chi connectivity index (χ0) is 14.4. The zero-order valence-corrected chi connectivity index (χ0v) is 12.5. The van der Waals surface area contributed by atoms with Crippen molar-refractivity contribution in [1.29, 1.82) is 0 Å². The molecule has 2 aromatic carbocycles. The SMILES string of the molecule is COc1ccc(CN(Cc2ccccc2)C(C)C)cc1. The Balaban J connectivity index is 2.05. The smallest absolute Gasteiger partial charge is 0.118 e. The quantitative estimate of drug-likeness (QED) is 0.782. The molecule has 0 bridgehead atoms. The molecule has 0 aliphatic carbocycles. The summed E-state index contributed by atoms with van der Waals surface area (Å²) >= 11 is 0. The second kappa shape index (κ2) is 7.11. The maximum absolute atomic E-state index is 5.20. The topological polar surface area (TPSA) is 12.5 Å². The van der Waals surface area contributed by atoms with E-state index in [1.165, 1.54) is 11.1 Å². The third-order valence-electron chi connectivity index (χ3n) is 3.50. The van der Waals surface area contributed by atoms with Gasteiger partial charge in [-0.25, -0.2) is 0 Å². The van der Waals surface area contributed by atoms with E-state index in [2.05, 4.69) is 61.2 Å². The lowest BCUT2D eigenvalue weighted by atomic mass is 10.1. The number of rotatable bonds is 6. The van der Waals surface area contributed by atoms with Crippen molar-refractivity contribution in [3.8, 4) is 5.75 Å². The van der Waals surface area contributed by atoms with Crippen molar-refractivity contribution in [2.24, 2.45) is 0 Å². The van der Waals surface area contributed by atoms with Crippen LogP contribution in [-0.4, -0.2) is 18.1 Å². The van der Waals surface area contributed by atoms with Gasteiger partial charge in [-0.3, -0.25) is 4.90 Å². The standard InChI is InChI=1S/C18H23NO/c1-15(2)19(13-16-7-5-4-6-8-16)14-17-9-11-18(20-3)12-10-17/h4-12,15H,13-14H2,1-3H3. The van der Waals surface area contributed by atoms with Crippen molar-refractivity contribution in [2.45, 2.75) is 33.0 Å². The van der Waals surface area contributed by atoms with E-state index in [1.54, 1.807) is 7.11 Å². The number of ether oxygens (including phenoxy) is 1. The second-order valence-electron chi connectivity index (χ2n) is 5.33. The van der Waals surface area contributed by atoms with Crippen molar-refractivity contribution >= 4 is 0 Å². The van der Waals surface area contributed by atoms with Gasteiger partial charge in [-0.05, 0) is 37.1 Å².